The van der Waals surface area contributed by atoms with Gasteiger partial charge in [-0.25, -0.2) is 9.97 Å². The molecular formula is C20H26ClN5O2. The Hall–Kier alpha value is -2.12. The van der Waals surface area contributed by atoms with E-state index in [1.165, 1.54) is 0 Å². The van der Waals surface area contributed by atoms with E-state index in [2.05, 4.69) is 36.5 Å². The summed E-state index contributed by atoms with van der Waals surface area (Å²) in [6.07, 6.45) is 4.25. The Bertz CT molecular complexity index is 986. The van der Waals surface area contributed by atoms with Gasteiger partial charge in [-0.2, -0.15) is 4.98 Å². The van der Waals surface area contributed by atoms with Crippen molar-refractivity contribution in [1.29, 1.82) is 0 Å². The first-order chi connectivity index (χ1) is 13.5. The van der Waals surface area contributed by atoms with Crippen molar-refractivity contribution in [3.63, 3.8) is 0 Å². The molecule has 7 nitrogen and oxygen atoms in total. The van der Waals surface area contributed by atoms with Crippen LogP contribution in [0, 0.1) is 13.8 Å². The van der Waals surface area contributed by atoms with E-state index in [4.69, 9.17) is 30.7 Å². The Balaban J connectivity index is 1.78. The number of hydrogen-bond donors (Lipinski definition) is 0. The normalized spacial score (nSPS) is 15.1. The Morgan fingerprint density at radius 1 is 1.11 bits per heavy atom. The van der Waals surface area contributed by atoms with Crippen LogP contribution in [0.2, 0.25) is 5.15 Å². The van der Waals surface area contributed by atoms with E-state index in [1.54, 1.807) is 0 Å². The molecule has 0 unspecified atom stereocenters. The fourth-order valence-electron chi connectivity index (χ4n) is 3.79. The van der Waals surface area contributed by atoms with E-state index in [1.807, 2.05) is 11.8 Å². The van der Waals surface area contributed by atoms with Crippen molar-refractivity contribution in [2.24, 2.45) is 0 Å². The lowest BCUT2D eigenvalue weighted by molar-refractivity contribution is 0.120. The van der Waals surface area contributed by atoms with Crippen LogP contribution in [0.25, 0.3) is 22.6 Å². The largest absolute Gasteiger partial charge is 0.420 e. The van der Waals surface area contributed by atoms with Crippen LogP contribution in [0.5, 0.6) is 0 Å². The number of hydrogen-bond acceptors (Lipinski definition) is 6. The fourth-order valence-corrected chi connectivity index (χ4v) is 3.99. The first-order valence-corrected chi connectivity index (χ1v) is 10.3. The summed E-state index contributed by atoms with van der Waals surface area (Å²) >= 11 is 6.43. The lowest BCUT2D eigenvalue weighted by Crippen LogP contribution is -2.36. The quantitative estimate of drug-likeness (QED) is 0.622. The highest BCUT2D eigenvalue weighted by Gasteiger charge is 2.24. The van der Waals surface area contributed by atoms with Crippen LogP contribution in [0.4, 0.5) is 6.01 Å². The second-order valence-corrected chi connectivity index (χ2v) is 7.59. The molecule has 28 heavy (non-hydrogen) atoms. The van der Waals surface area contributed by atoms with Crippen molar-refractivity contribution in [2.45, 2.75) is 46.6 Å². The summed E-state index contributed by atoms with van der Waals surface area (Å²) in [4.78, 5) is 16.2. The Kier molecular flexibility index (Phi) is 5.29. The van der Waals surface area contributed by atoms with Gasteiger partial charge in [0.1, 0.15) is 11.2 Å². The molecule has 0 bridgehead atoms. The van der Waals surface area contributed by atoms with Crippen LogP contribution in [-0.2, 0) is 4.74 Å². The third kappa shape index (κ3) is 3.26. The number of halogens is 1. The Labute approximate surface area is 169 Å². The summed E-state index contributed by atoms with van der Waals surface area (Å²) in [5, 5.41) is 0.315. The predicted octanol–water partition coefficient (Wildman–Crippen LogP) is 4.55. The SMILES string of the molecule is CCC(CC)n1cc(C)c2nc(-c3oc(N4CCOCC4)nc3Cl)c(C)nc21. The number of aryl methyl sites for hydroxylation is 2. The molecule has 8 heteroatoms. The number of aromatic nitrogens is 4. The molecule has 0 radical (unpaired) electrons. The van der Waals surface area contributed by atoms with Gasteiger partial charge in [0.25, 0.3) is 6.01 Å². The first-order valence-electron chi connectivity index (χ1n) is 9.88. The molecule has 1 fully saturated rings. The number of anilines is 1. The molecule has 3 aromatic heterocycles. The molecule has 0 N–H and O–H groups in total. The van der Waals surface area contributed by atoms with Gasteiger partial charge >= 0.3 is 0 Å². The lowest BCUT2D eigenvalue weighted by Gasteiger charge is -2.24. The number of ether oxygens (including phenoxy) is 1. The zero-order valence-corrected chi connectivity index (χ0v) is 17.6. The number of nitrogens with zero attached hydrogens (tertiary/aromatic N) is 5. The van der Waals surface area contributed by atoms with Gasteiger partial charge in [-0.3, -0.25) is 0 Å². The van der Waals surface area contributed by atoms with Gasteiger partial charge in [-0.15, -0.1) is 0 Å². The topological polar surface area (TPSA) is 69.2 Å². The predicted molar refractivity (Wildman–Crippen MR) is 110 cm³/mol. The van der Waals surface area contributed by atoms with Gasteiger partial charge in [-0.1, -0.05) is 25.4 Å². The molecule has 150 valence electrons. The summed E-state index contributed by atoms with van der Waals surface area (Å²) in [6.45, 7) is 11.2. The summed E-state index contributed by atoms with van der Waals surface area (Å²) in [5.41, 5.74) is 4.32. The van der Waals surface area contributed by atoms with Crippen molar-refractivity contribution in [1.82, 2.24) is 19.5 Å². The summed E-state index contributed by atoms with van der Waals surface area (Å²) in [5.74, 6) is 0.477. The van der Waals surface area contributed by atoms with Crippen LogP contribution in [0.1, 0.15) is 44.0 Å². The van der Waals surface area contributed by atoms with E-state index in [0.717, 1.165) is 48.4 Å². The maximum Gasteiger partial charge on any atom is 0.299 e. The second-order valence-electron chi connectivity index (χ2n) is 7.24. The molecule has 1 aliphatic heterocycles. The van der Waals surface area contributed by atoms with Gasteiger partial charge in [0, 0.05) is 25.3 Å². The maximum atomic E-state index is 6.43. The van der Waals surface area contributed by atoms with Crippen LogP contribution >= 0.6 is 11.6 Å². The molecule has 1 saturated heterocycles. The zero-order valence-electron chi connectivity index (χ0n) is 16.8. The summed E-state index contributed by atoms with van der Waals surface area (Å²) in [7, 11) is 0. The highest BCUT2D eigenvalue weighted by Crippen LogP contribution is 2.35. The molecule has 3 aromatic rings. The van der Waals surface area contributed by atoms with Crippen molar-refractivity contribution in [3.8, 4) is 11.5 Å². The van der Waals surface area contributed by atoms with Gasteiger partial charge < -0.3 is 18.6 Å². The zero-order chi connectivity index (χ0) is 19.8. The first kappa shape index (κ1) is 19.2. The Morgan fingerprint density at radius 3 is 2.50 bits per heavy atom. The minimum atomic E-state index is 0.315. The molecular weight excluding hydrogens is 378 g/mol. The highest BCUT2D eigenvalue weighted by molar-refractivity contribution is 6.31. The van der Waals surface area contributed by atoms with Crippen LogP contribution < -0.4 is 4.90 Å². The molecule has 0 spiro atoms. The smallest absolute Gasteiger partial charge is 0.299 e. The molecule has 4 heterocycles. The minimum Gasteiger partial charge on any atom is -0.420 e. The third-order valence-electron chi connectivity index (χ3n) is 5.41. The van der Waals surface area contributed by atoms with Crippen molar-refractivity contribution >= 4 is 28.8 Å². The van der Waals surface area contributed by atoms with E-state index < -0.39 is 0 Å². The van der Waals surface area contributed by atoms with Crippen LogP contribution in [0.15, 0.2) is 10.6 Å². The molecule has 0 saturated carbocycles. The van der Waals surface area contributed by atoms with Gasteiger partial charge in [0.05, 0.1) is 18.9 Å². The standard InChI is InChI=1S/C20H26ClN5O2/c1-5-14(6-2)26-11-12(3)15-19(26)22-13(4)16(23-15)17-18(21)24-20(28-17)25-7-9-27-10-8-25/h11,14H,5-10H2,1-4H3. The monoisotopic (exact) mass is 403 g/mol. The van der Waals surface area contributed by atoms with Gasteiger partial charge in [-0.05, 0) is 32.3 Å². The average Bonchev–Trinajstić information content (AvgIpc) is 3.23. The number of oxazole rings is 1. The maximum absolute atomic E-state index is 6.43. The van der Waals surface area contributed by atoms with E-state index in [-0.39, 0.29) is 0 Å². The fraction of sp³-hybridized carbons (Fsp3) is 0.550. The molecule has 0 atom stereocenters. The Morgan fingerprint density at radius 2 is 1.82 bits per heavy atom. The number of fused-ring (bicyclic) bond motifs is 1. The summed E-state index contributed by atoms with van der Waals surface area (Å²) in [6, 6.07) is 0.924. The van der Waals surface area contributed by atoms with E-state index in [0.29, 0.717) is 41.9 Å². The highest BCUT2D eigenvalue weighted by atomic mass is 35.5. The average molecular weight is 404 g/mol. The van der Waals surface area contributed by atoms with Gasteiger partial charge in [0.15, 0.2) is 16.6 Å². The molecule has 0 amide bonds. The van der Waals surface area contributed by atoms with Gasteiger partial charge in [0.2, 0.25) is 0 Å². The van der Waals surface area contributed by atoms with E-state index in [9.17, 15) is 0 Å². The molecule has 0 aliphatic carbocycles. The second kappa shape index (κ2) is 7.72. The number of morpholine rings is 1. The third-order valence-corrected chi connectivity index (χ3v) is 5.67. The van der Waals surface area contributed by atoms with Crippen LogP contribution in [0.3, 0.4) is 0 Å². The molecule has 4 rings (SSSR count). The van der Waals surface area contributed by atoms with Crippen molar-refractivity contribution in [3.05, 3.63) is 22.6 Å². The minimum absolute atomic E-state index is 0.315. The molecule has 1 aliphatic rings. The summed E-state index contributed by atoms with van der Waals surface area (Å²) < 4.78 is 13.7. The lowest BCUT2D eigenvalue weighted by atomic mass is 10.2. The van der Waals surface area contributed by atoms with Crippen LogP contribution in [-0.4, -0.2) is 45.8 Å². The number of rotatable bonds is 5. The van der Waals surface area contributed by atoms with Crippen molar-refractivity contribution < 1.29 is 9.15 Å². The molecule has 0 aromatic carbocycles. The van der Waals surface area contributed by atoms with Crippen molar-refractivity contribution in [2.75, 3.05) is 31.2 Å². The van der Waals surface area contributed by atoms with E-state index >= 15 is 0 Å².